The van der Waals surface area contributed by atoms with Gasteiger partial charge in [0.25, 0.3) is 0 Å². The molecule has 1 aliphatic heterocycles. The minimum absolute atomic E-state index is 0.00457. The lowest BCUT2D eigenvalue weighted by atomic mass is 9.43. The maximum atomic E-state index is 11.5. The van der Waals surface area contributed by atoms with E-state index in [1.165, 1.54) is 0 Å². The Morgan fingerprint density at radius 3 is 2.23 bits per heavy atom. The molecule has 0 amide bonds. The first-order valence-corrected chi connectivity index (χ1v) is 15.3. The van der Waals surface area contributed by atoms with Crippen LogP contribution in [0.25, 0.3) is 0 Å². The van der Waals surface area contributed by atoms with E-state index in [0.717, 1.165) is 38.5 Å². The van der Waals surface area contributed by atoms with Gasteiger partial charge in [-0.1, -0.05) is 20.8 Å². The number of carboxylic acids is 2. The largest absolute Gasteiger partial charge is 0.481 e. The zero-order valence-corrected chi connectivity index (χ0v) is 23.9. The van der Waals surface area contributed by atoms with Gasteiger partial charge in [-0.25, -0.2) is 4.79 Å². The van der Waals surface area contributed by atoms with Gasteiger partial charge in [-0.2, -0.15) is 0 Å². The van der Waals surface area contributed by atoms with Crippen molar-refractivity contribution in [2.45, 2.75) is 128 Å². The van der Waals surface area contributed by atoms with Crippen LogP contribution in [-0.4, -0.2) is 85.5 Å². The molecule has 5 fully saturated rings. The third kappa shape index (κ3) is 5.00. The van der Waals surface area contributed by atoms with Gasteiger partial charge in [-0.05, 0) is 104 Å². The number of ether oxygens (including phenoxy) is 2. The maximum absolute atomic E-state index is 11.5. The molecule has 0 aromatic heterocycles. The van der Waals surface area contributed by atoms with E-state index in [2.05, 4.69) is 20.8 Å². The molecule has 6 N–H and O–H groups in total. The van der Waals surface area contributed by atoms with Crippen LogP contribution >= 0.6 is 0 Å². The van der Waals surface area contributed by atoms with E-state index in [-0.39, 0.29) is 29.3 Å². The third-order valence-electron chi connectivity index (χ3n) is 12.3. The van der Waals surface area contributed by atoms with Crippen molar-refractivity contribution in [1.29, 1.82) is 0 Å². The summed E-state index contributed by atoms with van der Waals surface area (Å²) >= 11 is 0. The van der Waals surface area contributed by atoms with Crippen molar-refractivity contribution in [3.63, 3.8) is 0 Å². The molecule has 40 heavy (non-hydrogen) atoms. The Morgan fingerprint density at radius 2 is 1.55 bits per heavy atom. The SMILES string of the molecule is C[C@H](CCC(=O)O)[C@H]1CC[C@H]2[C@@H]3C[C@H](O)[C@@H]4C[C@H](O[C@@H]5O[C@H](C(=O)O)[C@@H](O)[C@H](O)[C@H]5O)CC[C@]4(C)[C@H]3CC[C@]12C. The highest BCUT2D eigenvalue weighted by molar-refractivity contribution is 5.73. The number of aliphatic carboxylic acids is 2. The van der Waals surface area contributed by atoms with Crippen LogP contribution in [0.5, 0.6) is 0 Å². The minimum atomic E-state index is -1.76. The summed E-state index contributed by atoms with van der Waals surface area (Å²) in [6, 6.07) is 0. The van der Waals surface area contributed by atoms with Gasteiger partial charge in [0.2, 0.25) is 0 Å². The van der Waals surface area contributed by atoms with E-state index >= 15 is 0 Å². The number of aliphatic hydroxyl groups is 4. The van der Waals surface area contributed by atoms with Crippen LogP contribution < -0.4 is 0 Å². The molecule has 4 saturated carbocycles. The normalized spacial score (nSPS) is 51.3. The molecular formula is C30H48O10. The van der Waals surface area contributed by atoms with E-state index in [4.69, 9.17) is 9.47 Å². The molecule has 0 unspecified atom stereocenters. The molecule has 0 bridgehead atoms. The number of hydrogen-bond acceptors (Lipinski definition) is 8. The lowest BCUT2D eigenvalue weighted by Gasteiger charge is -2.62. The molecule has 10 nitrogen and oxygen atoms in total. The fraction of sp³-hybridized carbons (Fsp3) is 0.933. The van der Waals surface area contributed by atoms with Gasteiger partial charge in [-0.3, -0.25) is 4.79 Å². The summed E-state index contributed by atoms with van der Waals surface area (Å²) in [5, 5.41) is 60.7. The van der Waals surface area contributed by atoms with Crippen LogP contribution in [0, 0.1) is 46.3 Å². The summed E-state index contributed by atoms with van der Waals surface area (Å²) in [4.78, 5) is 22.7. The standard InChI is InChI=1S/C30H48O10/c1-14(4-7-22(32)33)17-5-6-18-16-13-21(31)20-12-15(8-10-30(20,3)19(16)9-11-29(17,18)2)39-28-25(36)23(34)24(35)26(40-28)27(37)38/h14-21,23-26,28,31,34-36H,4-13H2,1-3H3,(H,32,33)(H,37,38)/t14-,15-,16+,17-,18+,19+,20+,21+,23+,24+,25-,26+,28-,29-,30-/m1/s1. The monoisotopic (exact) mass is 568 g/mol. The van der Waals surface area contributed by atoms with Crippen LogP contribution in [0.4, 0.5) is 0 Å². The molecule has 0 aromatic carbocycles. The second-order valence-electron chi connectivity index (χ2n) is 14.2. The van der Waals surface area contributed by atoms with Gasteiger partial charge in [0.15, 0.2) is 12.4 Å². The second-order valence-corrected chi connectivity index (χ2v) is 14.2. The zero-order chi connectivity index (χ0) is 29.1. The Labute approximate surface area is 236 Å². The van der Waals surface area contributed by atoms with E-state index < -0.39 is 48.7 Å². The Kier molecular flexibility index (Phi) is 8.36. The van der Waals surface area contributed by atoms with Crippen molar-refractivity contribution < 1.29 is 49.7 Å². The summed E-state index contributed by atoms with van der Waals surface area (Å²) in [7, 11) is 0. The first-order valence-electron chi connectivity index (χ1n) is 15.3. The van der Waals surface area contributed by atoms with Crippen LogP contribution in [0.3, 0.4) is 0 Å². The van der Waals surface area contributed by atoms with Gasteiger partial charge in [0.1, 0.15) is 18.3 Å². The number of carbonyl (C=O) groups is 2. The number of hydrogen-bond donors (Lipinski definition) is 6. The fourth-order valence-electron chi connectivity index (χ4n) is 10.3. The van der Waals surface area contributed by atoms with Gasteiger partial charge < -0.3 is 40.1 Å². The second kappa shape index (κ2) is 11.1. The van der Waals surface area contributed by atoms with Crippen molar-refractivity contribution in [3.8, 4) is 0 Å². The van der Waals surface area contributed by atoms with Gasteiger partial charge in [0.05, 0.1) is 12.2 Å². The first kappa shape index (κ1) is 30.2. The van der Waals surface area contributed by atoms with Crippen LogP contribution in [0.2, 0.25) is 0 Å². The zero-order valence-electron chi connectivity index (χ0n) is 23.9. The maximum Gasteiger partial charge on any atom is 0.335 e. The van der Waals surface area contributed by atoms with E-state index in [1.54, 1.807) is 0 Å². The predicted octanol–water partition coefficient (Wildman–Crippen LogP) is 2.39. The minimum Gasteiger partial charge on any atom is -0.481 e. The highest BCUT2D eigenvalue weighted by Gasteiger charge is 2.62. The summed E-state index contributed by atoms with van der Waals surface area (Å²) in [5.74, 6) is 0.140. The molecule has 0 radical (unpaired) electrons. The molecule has 15 atom stereocenters. The Hall–Kier alpha value is -1.30. The number of rotatable bonds is 7. The first-order chi connectivity index (χ1) is 18.8. The molecule has 5 aliphatic rings. The number of carboxylic acid groups (broad SMARTS) is 2. The lowest BCUT2D eigenvalue weighted by Crippen LogP contribution is -2.62. The van der Waals surface area contributed by atoms with Gasteiger partial charge in [-0.15, -0.1) is 0 Å². The smallest absolute Gasteiger partial charge is 0.335 e. The number of fused-ring (bicyclic) bond motifs is 5. The molecular weight excluding hydrogens is 520 g/mol. The lowest BCUT2D eigenvalue weighted by molar-refractivity contribution is -0.311. The van der Waals surface area contributed by atoms with E-state index in [1.807, 2.05) is 0 Å². The average Bonchev–Trinajstić information content (AvgIpc) is 3.25. The molecule has 5 rings (SSSR count). The molecule has 0 spiro atoms. The summed E-state index contributed by atoms with van der Waals surface area (Å²) in [6.45, 7) is 6.94. The van der Waals surface area contributed by atoms with Crippen molar-refractivity contribution in [2.75, 3.05) is 0 Å². The molecule has 0 aromatic rings. The third-order valence-corrected chi connectivity index (χ3v) is 12.3. The number of aliphatic hydroxyl groups excluding tert-OH is 4. The topological polar surface area (TPSA) is 174 Å². The van der Waals surface area contributed by atoms with E-state index in [0.29, 0.717) is 48.9 Å². The molecule has 1 saturated heterocycles. The Bertz CT molecular complexity index is 959. The summed E-state index contributed by atoms with van der Waals surface area (Å²) in [5.41, 5.74) is 0.102. The van der Waals surface area contributed by atoms with E-state index in [9.17, 15) is 40.2 Å². The highest BCUT2D eigenvalue weighted by atomic mass is 16.7. The Morgan fingerprint density at radius 1 is 0.875 bits per heavy atom. The highest BCUT2D eigenvalue weighted by Crippen LogP contribution is 2.68. The van der Waals surface area contributed by atoms with Crippen molar-refractivity contribution >= 4 is 11.9 Å². The van der Waals surface area contributed by atoms with Crippen LogP contribution in [0.1, 0.15) is 85.0 Å². The molecule has 10 heteroatoms. The van der Waals surface area contributed by atoms with Gasteiger partial charge in [0, 0.05) is 6.42 Å². The Balaban J connectivity index is 1.27. The molecule has 228 valence electrons. The quantitative estimate of drug-likeness (QED) is 0.250. The predicted molar refractivity (Wildman–Crippen MR) is 142 cm³/mol. The molecule has 4 aliphatic carbocycles. The fourth-order valence-corrected chi connectivity index (χ4v) is 10.3. The van der Waals surface area contributed by atoms with Crippen LogP contribution in [-0.2, 0) is 19.1 Å². The van der Waals surface area contributed by atoms with Crippen molar-refractivity contribution in [1.82, 2.24) is 0 Å². The summed E-state index contributed by atoms with van der Waals surface area (Å²) < 4.78 is 11.4. The van der Waals surface area contributed by atoms with Gasteiger partial charge >= 0.3 is 11.9 Å². The van der Waals surface area contributed by atoms with Crippen molar-refractivity contribution in [3.05, 3.63) is 0 Å². The van der Waals surface area contributed by atoms with Crippen molar-refractivity contribution in [2.24, 2.45) is 46.3 Å². The average molecular weight is 569 g/mol. The van der Waals surface area contributed by atoms with Crippen LogP contribution in [0.15, 0.2) is 0 Å². The summed E-state index contributed by atoms with van der Waals surface area (Å²) in [6.07, 6.45) is -0.789. The molecule has 1 heterocycles.